The van der Waals surface area contributed by atoms with Gasteiger partial charge in [-0.25, -0.2) is 0 Å². The van der Waals surface area contributed by atoms with Gasteiger partial charge in [0, 0.05) is 48.4 Å². The molecule has 6 rings (SSSR count). The molecule has 6 nitrogen and oxygen atoms in total. The summed E-state index contributed by atoms with van der Waals surface area (Å²) in [6.07, 6.45) is 10.2. The molecule has 2 aromatic carbocycles. The third-order valence-corrected chi connectivity index (χ3v) is 8.86. The fourth-order valence-corrected chi connectivity index (χ4v) is 7.08. The molecule has 3 atom stereocenters. The summed E-state index contributed by atoms with van der Waals surface area (Å²) in [5, 5.41) is 12.2. The molecule has 36 heavy (non-hydrogen) atoms. The van der Waals surface area contributed by atoms with Crippen molar-refractivity contribution in [1.29, 1.82) is 5.26 Å². The van der Waals surface area contributed by atoms with E-state index in [-0.39, 0.29) is 11.8 Å². The molecule has 3 fully saturated rings. The first-order valence-corrected chi connectivity index (χ1v) is 13.6. The van der Waals surface area contributed by atoms with Gasteiger partial charge in [-0.05, 0) is 80.0 Å². The number of carbonyl (C=O) groups excluding carboxylic acids is 2. The van der Waals surface area contributed by atoms with Gasteiger partial charge in [-0.3, -0.25) is 14.5 Å². The van der Waals surface area contributed by atoms with Crippen molar-refractivity contribution in [2.24, 2.45) is 5.92 Å². The second kappa shape index (κ2) is 9.71. The molecule has 186 valence electrons. The van der Waals surface area contributed by atoms with Crippen molar-refractivity contribution < 1.29 is 9.59 Å². The van der Waals surface area contributed by atoms with Crippen molar-refractivity contribution in [1.82, 2.24) is 9.80 Å². The molecule has 2 bridgehead atoms. The fourth-order valence-electron chi connectivity index (χ4n) is 7.08. The number of benzene rings is 2. The summed E-state index contributed by atoms with van der Waals surface area (Å²) < 4.78 is 0. The minimum Gasteiger partial charge on any atom is -0.334 e. The second-order valence-electron chi connectivity index (χ2n) is 11.0. The molecule has 2 aliphatic heterocycles. The number of nitriles is 1. The van der Waals surface area contributed by atoms with Gasteiger partial charge in [-0.2, -0.15) is 5.26 Å². The highest BCUT2D eigenvalue weighted by Gasteiger charge is 2.46. The van der Waals surface area contributed by atoms with Crippen LogP contribution in [0.25, 0.3) is 0 Å². The third kappa shape index (κ3) is 4.30. The fraction of sp³-hybridized carbons (Fsp3) is 0.500. The maximum Gasteiger partial charge on any atom is 0.255 e. The molecule has 1 saturated carbocycles. The standard InChI is InChI=1S/C30H34N4O2/c31-17-20-5-4-8-23(15-20)29(35)32-24-11-9-21-10-14-28(27(21)16-24)33-18-25-12-13-26(19-33)34(25)30(36)22-6-2-1-3-7-22/h4-5,8-9,11,15-16,22,25-26,28H,1-3,6-7,10,12-14,18-19H2,(H,32,35). The zero-order chi connectivity index (χ0) is 24.6. The number of carbonyl (C=O) groups is 2. The Balaban J connectivity index is 1.16. The predicted molar refractivity (Wildman–Crippen MR) is 138 cm³/mol. The van der Waals surface area contributed by atoms with Crippen molar-refractivity contribution in [3.63, 3.8) is 0 Å². The lowest BCUT2D eigenvalue weighted by molar-refractivity contribution is -0.143. The molecule has 2 saturated heterocycles. The van der Waals surface area contributed by atoms with Crippen LogP contribution in [0, 0.1) is 17.2 Å². The van der Waals surface area contributed by atoms with Gasteiger partial charge in [0.1, 0.15) is 0 Å². The summed E-state index contributed by atoms with van der Waals surface area (Å²) in [5.74, 6) is 0.481. The van der Waals surface area contributed by atoms with E-state index in [0.717, 1.165) is 57.3 Å². The third-order valence-electron chi connectivity index (χ3n) is 8.86. The van der Waals surface area contributed by atoms with Crippen LogP contribution in [-0.2, 0) is 11.2 Å². The summed E-state index contributed by atoms with van der Waals surface area (Å²) >= 11 is 0. The van der Waals surface area contributed by atoms with E-state index in [0.29, 0.717) is 35.2 Å². The van der Waals surface area contributed by atoms with Gasteiger partial charge < -0.3 is 10.2 Å². The first kappa shape index (κ1) is 23.2. The van der Waals surface area contributed by atoms with E-state index in [1.807, 2.05) is 6.07 Å². The highest BCUT2D eigenvalue weighted by molar-refractivity contribution is 6.04. The SMILES string of the molecule is N#Cc1cccc(C(=O)Nc2ccc3c(c2)C(N2CC4CCC(C2)N4C(=O)C2CCCCC2)CC3)c1. The lowest BCUT2D eigenvalue weighted by Gasteiger charge is -2.45. The molecular formula is C30H34N4O2. The number of hydrogen-bond donors (Lipinski definition) is 1. The summed E-state index contributed by atoms with van der Waals surface area (Å²) in [4.78, 5) is 31.1. The topological polar surface area (TPSA) is 76.4 Å². The Labute approximate surface area is 213 Å². The number of amides is 2. The van der Waals surface area contributed by atoms with Crippen LogP contribution in [0.4, 0.5) is 5.69 Å². The van der Waals surface area contributed by atoms with Gasteiger partial charge >= 0.3 is 0 Å². The molecule has 2 amide bonds. The Bertz CT molecular complexity index is 1200. The Morgan fingerprint density at radius 2 is 1.69 bits per heavy atom. The van der Waals surface area contributed by atoms with Gasteiger partial charge in [0.05, 0.1) is 11.6 Å². The Morgan fingerprint density at radius 3 is 2.44 bits per heavy atom. The number of nitrogens with one attached hydrogen (secondary N) is 1. The van der Waals surface area contributed by atoms with Gasteiger partial charge in [0.25, 0.3) is 5.91 Å². The zero-order valence-corrected chi connectivity index (χ0v) is 20.8. The Morgan fingerprint density at radius 1 is 0.917 bits per heavy atom. The average Bonchev–Trinajstić information content (AvgIpc) is 3.46. The summed E-state index contributed by atoms with van der Waals surface area (Å²) in [6, 6.07) is 16.2. The van der Waals surface area contributed by atoms with E-state index in [9.17, 15) is 9.59 Å². The van der Waals surface area contributed by atoms with E-state index >= 15 is 0 Å². The van der Waals surface area contributed by atoms with Gasteiger partial charge in [0.15, 0.2) is 0 Å². The van der Waals surface area contributed by atoms with Crippen molar-refractivity contribution in [3.05, 3.63) is 64.7 Å². The van der Waals surface area contributed by atoms with Crippen LogP contribution in [0.3, 0.4) is 0 Å². The molecule has 2 aliphatic carbocycles. The van der Waals surface area contributed by atoms with Crippen molar-refractivity contribution in [2.45, 2.75) is 75.9 Å². The highest BCUT2D eigenvalue weighted by atomic mass is 16.2. The van der Waals surface area contributed by atoms with E-state index in [1.54, 1.807) is 24.3 Å². The monoisotopic (exact) mass is 482 g/mol. The molecule has 4 aliphatic rings. The molecule has 6 heteroatoms. The molecule has 2 heterocycles. The summed E-state index contributed by atoms with van der Waals surface area (Å²) in [7, 11) is 0. The van der Waals surface area contributed by atoms with Crippen LogP contribution in [0.2, 0.25) is 0 Å². The first-order valence-electron chi connectivity index (χ1n) is 13.6. The minimum atomic E-state index is -0.200. The molecule has 0 radical (unpaired) electrons. The number of hydrogen-bond acceptors (Lipinski definition) is 4. The van der Waals surface area contributed by atoms with Crippen LogP contribution in [-0.4, -0.2) is 46.8 Å². The van der Waals surface area contributed by atoms with E-state index in [1.165, 1.54) is 30.4 Å². The van der Waals surface area contributed by atoms with E-state index in [2.05, 4.69) is 33.3 Å². The van der Waals surface area contributed by atoms with Crippen LogP contribution in [0.5, 0.6) is 0 Å². The minimum absolute atomic E-state index is 0.200. The number of rotatable bonds is 4. The van der Waals surface area contributed by atoms with Crippen LogP contribution in [0.1, 0.15) is 84.5 Å². The Hall–Kier alpha value is -3.17. The summed E-state index contributed by atoms with van der Waals surface area (Å²) in [6.45, 7) is 1.91. The Kier molecular flexibility index (Phi) is 6.27. The molecule has 0 aromatic heterocycles. The van der Waals surface area contributed by atoms with E-state index in [4.69, 9.17) is 5.26 Å². The molecule has 3 unspecified atom stereocenters. The van der Waals surface area contributed by atoms with Crippen LogP contribution < -0.4 is 5.32 Å². The number of anilines is 1. The molecule has 0 spiro atoms. The van der Waals surface area contributed by atoms with Crippen molar-refractivity contribution in [3.8, 4) is 6.07 Å². The van der Waals surface area contributed by atoms with Crippen molar-refractivity contribution >= 4 is 17.5 Å². The normalized spacial score (nSPS) is 25.9. The number of aryl methyl sites for hydroxylation is 1. The number of nitrogens with zero attached hydrogens (tertiary/aromatic N) is 3. The molecular weight excluding hydrogens is 448 g/mol. The van der Waals surface area contributed by atoms with Gasteiger partial charge in [-0.15, -0.1) is 0 Å². The molecule has 2 aromatic rings. The smallest absolute Gasteiger partial charge is 0.255 e. The van der Waals surface area contributed by atoms with E-state index < -0.39 is 0 Å². The zero-order valence-electron chi connectivity index (χ0n) is 20.8. The number of piperazine rings is 1. The average molecular weight is 483 g/mol. The van der Waals surface area contributed by atoms with Crippen LogP contribution >= 0.6 is 0 Å². The number of likely N-dealkylation sites (tertiary alicyclic amines) is 1. The van der Waals surface area contributed by atoms with Crippen LogP contribution in [0.15, 0.2) is 42.5 Å². The second-order valence-corrected chi connectivity index (χ2v) is 11.0. The lowest BCUT2D eigenvalue weighted by atomic mass is 9.87. The van der Waals surface area contributed by atoms with Gasteiger partial charge in [-0.1, -0.05) is 31.4 Å². The largest absolute Gasteiger partial charge is 0.334 e. The highest BCUT2D eigenvalue weighted by Crippen LogP contribution is 2.42. The summed E-state index contributed by atoms with van der Waals surface area (Å²) in [5.41, 5.74) is 4.43. The molecule has 1 N–H and O–H groups in total. The van der Waals surface area contributed by atoms with Gasteiger partial charge in [0.2, 0.25) is 5.91 Å². The maximum absolute atomic E-state index is 13.4. The van der Waals surface area contributed by atoms with Crippen molar-refractivity contribution in [2.75, 3.05) is 18.4 Å². The lowest BCUT2D eigenvalue weighted by Crippen LogP contribution is -2.57. The predicted octanol–water partition coefficient (Wildman–Crippen LogP) is 5.05. The number of fused-ring (bicyclic) bond motifs is 3. The quantitative estimate of drug-likeness (QED) is 0.661. The maximum atomic E-state index is 13.4. The first-order chi connectivity index (χ1) is 17.6.